The molecule has 1 unspecified atom stereocenters. The number of carbonyl (C=O) groups is 2. The highest BCUT2D eigenvalue weighted by atomic mass is 32.1. The zero-order valence-electron chi connectivity index (χ0n) is 18.9. The minimum absolute atomic E-state index is 0.0487. The molecule has 0 saturated heterocycles. The number of nitrogens with zero attached hydrogens (tertiary/aromatic N) is 4. The van der Waals surface area contributed by atoms with Gasteiger partial charge >= 0.3 is 5.97 Å². The van der Waals surface area contributed by atoms with Crippen molar-refractivity contribution in [3.63, 3.8) is 0 Å². The van der Waals surface area contributed by atoms with Gasteiger partial charge in [0.05, 0.1) is 28.0 Å². The van der Waals surface area contributed by atoms with Gasteiger partial charge in [0.2, 0.25) is 5.91 Å². The van der Waals surface area contributed by atoms with Gasteiger partial charge in [-0.2, -0.15) is 10.2 Å². The normalized spacial score (nSPS) is 15.3. The predicted octanol–water partition coefficient (Wildman–Crippen LogP) is 5.53. The summed E-state index contributed by atoms with van der Waals surface area (Å²) in [6.07, 6.45) is 2.89. The van der Waals surface area contributed by atoms with Crippen LogP contribution in [0.4, 0.5) is 0 Å². The van der Waals surface area contributed by atoms with Crippen molar-refractivity contribution in [3.05, 3.63) is 94.8 Å². The lowest BCUT2D eigenvalue weighted by atomic mass is 9.98. The van der Waals surface area contributed by atoms with E-state index in [0.717, 1.165) is 33.1 Å². The molecular formula is C27H24N4O3S. The SMILES string of the molecule is O=C(O)CCCC(=O)N1N=C(c2cccs2)CC1c1cn(-c2ccccc2)nc1-c1ccccc1. The minimum atomic E-state index is -0.908. The fraction of sp³-hybridized carbons (Fsp3) is 0.185. The summed E-state index contributed by atoms with van der Waals surface area (Å²) in [5, 5.41) is 22.2. The Balaban J connectivity index is 1.55. The monoisotopic (exact) mass is 484 g/mol. The summed E-state index contributed by atoms with van der Waals surface area (Å²) in [5.41, 5.74) is 4.43. The third-order valence-electron chi connectivity index (χ3n) is 5.92. The number of carbonyl (C=O) groups excluding carboxylic acids is 1. The molecule has 3 heterocycles. The Morgan fingerprint density at radius 1 is 0.971 bits per heavy atom. The first-order valence-electron chi connectivity index (χ1n) is 11.5. The first kappa shape index (κ1) is 22.7. The molecule has 8 heteroatoms. The van der Waals surface area contributed by atoms with E-state index in [1.54, 1.807) is 11.3 Å². The number of para-hydroxylation sites is 1. The average molecular weight is 485 g/mol. The Hall–Kier alpha value is -4.04. The van der Waals surface area contributed by atoms with Crippen molar-refractivity contribution in [2.24, 2.45) is 5.10 Å². The molecule has 0 spiro atoms. The molecule has 2 aromatic carbocycles. The number of aliphatic carboxylic acids is 1. The number of aromatic nitrogens is 2. The lowest BCUT2D eigenvalue weighted by Gasteiger charge is -2.21. The Bertz CT molecular complexity index is 1350. The van der Waals surface area contributed by atoms with Gasteiger partial charge in [0.1, 0.15) is 0 Å². The Kier molecular flexibility index (Phi) is 6.54. The number of rotatable bonds is 8. The number of carboxylic acid groups (broad SMARTS) is 1. The van der Waals surface area contributed by atoms with Crippen molar-refractivity contribution in [2.75, 3.05) is 0 Å². The summed E-state index contributed by atoms with van der Waals surface area (Å²) >= 11 is 1.59. The molecule has 5 rings (SSSR count). The number of amides is 1. The summed E-state index contributed by atoms with van der Waals surface area (Å²) in [4.78, 5) is 25.2. The van der Waals surface area contributed by atoms with E-state index < -0.39 is 5.97 Å². The molecule has 176 valence electrons. The highest BCUT2D eigenvalue weighted by molar-refractivity contribution is 7.12. The van der Waals surface area contributed by atoms with E-state index in [4.69, 9.17) is 15.3 Å². The predicted molar refractivity (Wildman–Crippen MR) is 136 cm³/mol. The van der Waals surface area contributed by atoms with Crippen molar-refractivity contribution in [1.29, 1.82) is 0 Å². The van der Waals surface area contributed by atoms with Gasteiger partial charge in [0.15, 0.2) is 0 Å². The van der Waals surface area contributed by atoms with Crippen LogP contribution >= 0.6 is 11.3 Å². The first-order chi connectivity index (χ1) is 17.1. The zero-order valence-corrected chi connectivity index (χ0v) is 19.8. The van der Waals surface area contributed by atoms with Crippen molar-refractivity contribution in [2.45, 2.75) is 31.7 Å². The van der Waals surface area contributed by atoms with Crippen molar-refractivity contribution in [3.8, 4) is 16.9 Å². The molecule has 2 aromatic heterocycles. The maximum atomic E-state index is 13.3. The van der Waals surface area contributed by atoms with E-state index in [0.29, 0.717) is 6.42 Å². The number of carboxylic acids is 1. The second-order valence-electron chi connectivity index (χ2n) is 8.31. The van der Waals surface area contributed by atoms with Crippen LogP contribution < -0.4 is 0 Å². The molecule has 0 fully saturated rings. The van der Waals surface area contributed by atoms with Crippen LogP contribution in [-0.4, -0.2) is 37.5 Å². The lowest BCUT2D eigenvalue weighted by Crippen LogP contribution is -2.27. The maximum absolute atomic E-state index is 13.3. The fourth-order valence-electron chi connectivity index (χ4n) is 4.24. The highest BCUT2D eigenvalue weighted by Crippen LogP contribution is 2.39. The molecule has 1 aliphatic heterocycles. The lowest BCUT2D eigenvalue weighted by molar-refractivity contribution is -0.137. The van der Waals surface area contributed by atoms with Crippen molar-refractivity contribution >= 4 is 28.9 Å². The zero-order chi connectivity index (χ0) is 24.2. The summed E-state index contributed by atoms with van der Waals surface area (Å²) in [7, 11) is 0. The molecule has 0 radical (unpaired) electrons. The van der Waals surface area contributed by atoms with E-state index in [1.165, 1.54) is 5.01 Å². The summed E-state index contributed by atoms with van der Waals surface area (Å²) in [6, 6.07) is 23.4. The molecule has 0 saturated carbocycles. The number of hydrazone groups is 1. The van der Waals surface area contributed by atoms with E-state index in [-0.39, 0.29) is 31.2 Å². The standard InChI is InChI=1S/C27H24N4O3S/c32-25(14-7-15-26(33)34)31-23(17-22(28-31)24-13-8-16-35-24)21-18-30(20-11-5-2-6-12-20)29-27(21)19-9-3-1-4-10-19/h1-6,8-13,16,18,23H,7,14-15,17H2,(H,33,34). The van der Waals surface area contributed by atoms with Gasteiger partial charge in [0, 0.05) is 36.6 Å². The number of thiophene rings is 1. The summed E-state index contributed by atoms with van der Waals surface area (Å²) in [5.74, 6) is -1.09. The molecule has 1 N–H and O–H groups in total. The van der Waals surface area contributed by atoms with Crippen LogP contribution in [0, 0.1) is 0 Å². The van der Waals surface area contributed by atoms with E-state index in [9.17, 15) is 9.59 Å². The molecule has 1 atom stereocenters. The van der Waals surface area contributed by atoms with Gasteiger partial charge in [-0.15, -0.1) is 11.3 Å². The van der Waals surface area contributed by atoms with Crippen LogP contribution in [0.2, 0.25) is 0 Å². The molecule has 1 amide bonds. The second kappa shape index (κ2) is 10.1. The minimum Gasteiger partial charge on any atom is -0.481 e. The number of hydrogen-bond acceptors (Lipinski definition) is 5. The van der Waals surface area contributed by atoms with Crippen LogP contribution in [0.3, 0.4) is 0 Å². The van der Waals surface area contributed by atoms with Crippen LogP contribution in [-0.2, 0) is 9.59 Å². The summed E-state index contributed by atoms with van der Waals surface area (Å²) < 4.78 is 1.84. The average Bonchev–Trinajstić information content (AvgIpc) is 3.64. The summed E-state index contributed by atoms with van der Waals surface area (Å²) in [6.45, 7) is 0. The van der Waals surface area contributed by atoms with Gasteiger partial charge < -0.3 is 5.11 Å². The molecule has 4 aromatic rings. The molecular weight excluding hydrogens is 460 g/mol. The van der Waals surface area contributed by atoms with Crippen LogP contribution in [0.1, 0.15) is 42.2 Å². The maximum Gasteiger partial charge on any atom is 0.303 e. The quantitative estimate of drug-likeness (QED) is 0.356. The van der Waals surface area contributed by atoms with Gasteiger partial charge in [-0.05, 0) is 30.0 Å². The first-order valence-corrected chi connectivity index (χ1v) is 12.3. The van der Waals surface area contributed by atoms with Crippen molar-refractivity contribution < 1.29 is 14.7 Å². The van der Waals surface area contributed by atoms with Gasteiger partial charge in [-0.1, -0.05) is 54.6 Å². The van der Waals surface area contributed by atoms with Crippen molar-refractivity contribution in [1.82, 2.24) is 14.8 Å². The van der Waals surface area contributed by atoms with Crippen LogP contribution in [0.25, 0.3) is 16.9 Å². The van der Waals surface area contributed by atoms with Crippen LogP contribution in [0.15, 0.2) is 89.5 Å². The highest BCUT2D eigenvalue weighted by Gasteiger charge is 2.36. The van der Waals surface area contributed by atoms with Gasteiger partial charge in [-0.3, -0.25) is 9.59 Å². The fourth-order valence-corrected chi connectivity index (χ4v) is 4.97. The third kappa shape index (κ3) is 4.93. The van der Waals surface area contributed by atoms with E-state index in [2.05, 4.69) is 0 Å². The van der Waals surface area contributed by atoms with E-state index >= 15 is 0 Å². The largest absolute Gasteiger partial charge is 0.481 e. The van der Waals surface area contributed by atoms with Gasteiger partial charge in [0.25, 0.3) is 0 Å². The topological polar surface area (TPSA) is 87.8 Å². The van der Waals surface area contributed by atoms with Crippen LogP contribution in [0.5, 0.6) is 0 Å². The smallest absolute Gasteiger partial charge is 0.303 e. The third-order valence-corrected chi connectivity index (χ3v) is 6.84. The molecule has 7 nitrogen and oxygen atoms in total. The molecule has 0 aliphatic carbocycles. The van der Waals surface area contributed by atoms with Gasteiger partial charge in [-0.25, -0.2) is 9.69 Å². The second-order valence-corrected chi connectivity index (χ2v) is 9.26. The molecule has 1 aliphatic rings. The Morgan fingerprint density at radius 2 is 1.71 bits per heavy atom. The number of hydrogen-bond donors (Lipinski definition) is 1. The molecule has 35 heavy (non-hydrogen) atoms. The Morgan fingerprint density at radius 3 is 2.40 bits per heavy atom. The molecule has 0 bridgehead atoms. The van der Waals surface area contributed by atoms with E-state index in [1.807, 2.05) is 89.1 Å². The Labute approximate surface area is 207 Å². The number of benzene rings is 2.